The van der Waals surface area contributed by atoms with Crippen molar-refractivity contribution < 1.29 is 13.2 Å². The Morgan fingerprint density at radius 1 is 1.14 bits per heavy atom. The minimum atomic E-state index is -3.23. The van der Waals surface area contributed by atoms with Crippen molar-refractivity contribution in [3.8, 4) is 16.9 Å². The van der Waals surface area contributed by atoms with Gasteiger partial charge < -0.3 is 15.4 Å². The molecule has 5 rings (SSSR count). The predicted molar refractivity (Wildman–Crippen MR) is 137 cm³/mol. The molecule has 0 radical (unpaired) electrons. The van der Waals surface area contributed by atoms with E-state index < -0.39 is 9.84 Å². The summed E-state index contributed by atoms with van der Waals surface area (Å²) in [5.74, 6) is 1.94. The Labute approximate surface area is 206 Å². The molecule has 0 saturated heterocycles. The number of fused-ring (bicyclic) bond motifs is 2. The number of sulfone groups is 1. The summed E-state index contributed by atoms with van der Waals surface area (Å²) in [4.78, 5) is 15.8. The van der Waals surface area contributed by atoms with Crippen LogP contribution in [0, 0.1) is 5.41 Å². The van der Waals surface area contributed by atoms with Crippen molar-refractivity contribution in [2.45, 2.75) is 45.4 Å². The lowest BCUT2D eigenvalue weighted by Gasteiger charge is -2.33. The lowest BCUT2D eigenvalue weighted by Crippen LogP contribution is -2.31. The van der Waals surface area contributed by atoms with Crippen LogP contribution in [-0.4, -0.2) is 42.8 Å². The molecule has 1 aliphatic carbocycles. The van der Waals surface area contributed by atoms with Crippen LogP contribution in [0.25, 0.3) is 11.1 Å². The topological polar surface area (TPSA) is 111 Å². The third-order valence-corrected chi connectivity index (χ3v) is 7.63. The normalized spacial score (nSPS) is 17.2. The monoisotopic (exact) mass is 493 g/mol. The van der Waals surface area contributed by atoms with Gasteiger partial charge in [-0.3, -0.25) is 0 Å². The summed E-state index contributed by atoms with van der Waals surface area (Å²) in [6.07, 6.45) is 7.62. The van der Waals surface area contributed by atoms with E-state index in [4.69, 9.17) is 15.5 Å². The Morgan fingerprint density at radius 2 is 1.97 bits per heavy atom. The van der Waals surface area contributed by atoms with E-state index in [1.54, 1.807) is 12.5 Å². The van der Waals surface area contributed by atoms with Gasteiger partial charge in [0, 0.05) is 46.9 Å². The van der Waals surface area contributed by atoms with Crippen LogP contribution in [0.5, 0.6) is 5.75 Å². The van der Waals surface area contributed by atoms with Gasteiger partial charge in [-0.2, -0.15) is 0 Å². The number of benzene rings is 1. The highest BCUT2D eigenvalue weighted by Gasteiger charge is 2.30. The van der Waals surface area contributed by atoms with Crippen molar-refractivity contribution in [1.29, 1.82) is 0 Å². The second-order valence-electron chi connectivity index (χ2n) is 10.4. The van der Waals surface area contributed by atoms with Crippen LogP contribution in [0.4, 0.5) is 11.6 Å². The molecule has 184 valence electrons. The first-order valence-corrected chi connectivity index (χ1v) is 13.9. The number of hydrogen-bond donors (Lipinski definition) is 1. The van der Waals surface area contributed by atoms with Crippen LogP contribution in [0.15, 0.2) is 36.8 Å². The highest BCUT2D eigenvalue weighted by atomic mass is 32.2. The average molecular weight is 494 g/mol. The molecule has 9 heteroatoms. The number of nitrogens with two attached hydrogens (primary N) is 1. The SMILES string of the molecule is CC1(C)CCc2ncnc(N3CCOc4ccc(-c5cnc(N)c(CS(C)(=O)=O)c5)cc4C3)c2C1. The largest absolute Gasteiger partial charge is 0.491 e. The van der Waals surface area contributed by atoms with Gasteiger partial charge in [0.1, 0.15) is 30.3 Å². The lowest BCUT2D eigenvalue weighted by molar-refractivity contribution is 0.310. The Hall–Kier alpha value is -3.20. The Kier molecular flexibility index (Phi) is 5.91. The quantitative estimate of drug-likeness (QED) is 0.587. The lowest BCUT2D eigenvalue weighted by atomic mass is 9.76. The van der Waals surface area contributed by atoms with E-state index in [2.05, 4.69) is 34.8 Å². The molecule has 2 N–H and O–H groups in total. The molecule has 0 unspecified atom stereocenters. The number of aromatic nitrogens is 3. The van der Waals surface area contributed by atoms with Crippen LogP contribution < -0.4 is 15.4 Å². The smallest absolute Gasteiger partial charge is 0.151 e. The molecule has 0 saturated carbocycles. The first-order chi connectivity index (χ1) is 16.6. The molecule has 2 aromatic heterocycles. The zero-order chi connectivity index (χ0) is 24.8. The van der Waals surface area contributed by atoms with E-state index in [9.17, 15) is 8.42 Å². The van der Waals surface area contributed by atoms with Gasteiger partial charge in [-0.05, 0) is 48.4 Å². The third kappa shape index (κ3) is 5.10. The number of nitrogens with zero attached hydrogens (tertiary/aromatic N) is 4. The van der Waals surface area contributed by atoms with Gasteiger partial charge in [-0.1, -0.05) is 19.9 Å². The fourth-order valence-electron chi connectivity index (χ4n) is 4.96. The number of aryl methyl sites for hydroxylation is 1. The molecule has 1 aliphatic heterocycles. The highest BCUT2D eigenvalue weighted by Crippen LogP contribution is 2.39. The van der Waals surface area contributed by atoms with Gasteiger partial charge in [0.05, 0.1) is 12.3 Å². The second-order valence-corrected chi connectivity index (χ2v) is 12.5. The summed E-state index contributed by atoms with van der Waals surface area (Å²) in [6.45, 7) is 6.56. The molecule has 0 bridgehead atoms. The van der Waals surface area contributed by atoms with E-state index in [0.29, 0.717) is 18.7 Å². The van der Waals surface area contributed by atoms with Crippen LogP contribution in [-0.2, 0) is 35.0 Å². The molecular formula is C26H31N5O3S. The second kappa shape index (κ2) is 8.78. The summed E-state index contributed by atoms with van der Waals surface area (Å²) >= 11 is 0. The molecule has 35 heavy (non-hydrogen) atoms. The maximum Gasteiger partial charge on any atom is 0.151 e. The van der Waals surface area contributed by atoms with Gasteiger partial charge in [-0.15, -0.1) is 0 Å². The molecule has 0 spiro atoms. The number of ether oxygens (including phenoxy) is 1. The number of pyridine rings is 1. The van der Waals surface area contributed by atoms with Crippen LogP contribution in [0.2, 0.25) is 0 Å². The van der Waals surface area contributed by atoms with Gasteiger partial charge >= 0.3 is 0 Å². The molecule has 0 atom stereocenters. The van der Waals surface area contributed by atoms with E-state index in [1.807, 2.05) is 18.2 Å². The number of anilines is 2. The average Bonchev–Trinajstić information content (AvgIpc) is 3.00. The van der Waals surface area contributed by atoms with E-state index in [1.165, 1.54) is 11.8 Å². The minimum Gasteiger partial charge on any atom is -0.491 e. The van der Waals surface area contributed by atoms with Gasteiger partial charge in [0.2, 0.25) is 0 Å². The van der Waals surface area contributed by atoms with Crippen molar-refractivity contribution in [2.75, 3.05) is 30.0 Å². The first-order valence-electron chi connectivity index (χ1n) is 11.8. The van der Waals surface area contributed by atoms with Crippen LogP contribution in [0.1, 0.15) is 42.7 Å². The molecule has 3 heterocycles. The maximum atomic E-state index is 11.8. The van der Waals surface area contributed by atoms with Crippen molar-refractivity contribution in [3.05, 3.63) is 59.2 Å². The number of nitrogen functional groups attached to an aromatic ring is 1. The minimum absolute atomic E-state index is 0.142. The predicted octanol–water partition coefficient (Wildman–Crippen LogP) is 3.58. The van der Waals surface area contributed by atoms with Gasteiger partial charge in [0.25, 0.3) is 0 Å². The highest BCUT2D eigenvalue weighted by molar-refractivity contribution is 7.89. The summed E-state index contributed by atoms with van der Waals surface area (Å²) in [5.41, 5.74) is 11.9. The van der Waals surface area contributed by atoms with Crippen molar-refractivity contribution in [2.24, 2.45) is 5.41 Å². The molecular weight excluding hydrogens is 462 g/mol. The van der Waals surface area contributed by atoms with E-state index in [0.717, 1.165) is 59.8 Å². The summed E-state index contributed by atoms with van der Waals surface area (Å²) in [5, 5.41) is 0. The molecule has 3 aromatic rings. The molecule has 8 nitrogen and oxygen atoms in total. The van der Waals surface area contributed by atoms with Gasteiger partial charge in [0.15, 0.2) is 9.84 Å². The standard InChI is InChI=1S/C26H31N5O3S/c1-26(2)7-6-22-21(12-26)25(30-16-29-22)31-8-9-34-23-5-4-17(10-19(23)14-31)18-11-20(15-35(3,32)33)24(27)28-13-18/h4-5,10-11,13,16H,6-9,12,14-15H2,1-3H3,(H2,27,28). The Bertz CT molecular complexity index is 1390. The molecule has 0 fully saturated rings. The number of rotatable bonds is 4. The maximum absolute atomic E-state index is 11.8. The van der Waals surface area contributed by atoms with Crippen molar-refractivity contribution in [3.63, 3.8) is 0 Å². The fourth-order valence-corrected chi connectivity index (χ4v) is 5.76. The van der Waals surface area contributed by atoms with Crippen molar-refractivity contribution in [1.82, 2.24) is 15.0 Å². The van der Waals surface area contributed by atoms with E-state index in [-0.39, 0.29) is 17.0 Å². The van der Waals surface area contributed by atoms with Gasteiger partial charge in [-0.25, -0.2) is 23.4 Å². The summed E-state index contributed by atoms with van der Waals surface area (Å²) < 4.78 is 29.7. The summed E-state index contributed by atoms with van der Waals surface area (Å²) in [7, 11) is -3.23. The van der Waals surface area contributed by atoms with Crippen molar-refractivity contribution >= 4 is 21.5 Å². The Morgan fingerprint density at radius 3 is 2.77 bits per heavy atom. The summed E-state index contributed by atoms with van der Waals surface area (Å²) in [6, 6.07) is 7.84. The Balaban J connectivity index is 1.49. The number of hydrogen-bond acceptors (Lipinski definition) is 8. The molecule has 1 aromatic carbocycles. The molecule has 2 aliphatic rings. The van der Waals surface area contributed by atoms with Crippen LogP contribution >= 0.6 is 0 Å². The third-order valence-electron chi connectivity index (χ3n) is 6.80. The zero-order valence-corrected chi connectivity index (χ0v) is 21.2. The zero-order valence-electron chi connectivity index (χ0n) is 20.4. The van der Waals surface area contributed by atoms with E-state index >= 15 is 0 Å². The molecule has 0 amide bonds. The fraction of sp³-hybridized carbons (Fsp3) is 0.423. The first kappa shape index (κ1) is 23.5. The van der Waals surface area contributed by atoms with Crippen LogP contribution in [0.3, 0.4) is 0 Å².